The molecule has 0 unspecified atom stereocenters. The molecule has 6 heteroatoms. The summed E-state index contributed by atoms with van der Waals surface area (Å²) in [5.41, 5.74) is 3.76. The molecule has 0 saturated carbocycles. The molecule has 1 aromatic heterocycles. The molecule has 1 aliphatic heterocycles. The van der Waals surface area contributed by atoms with Crippen molar-refractivity contribution in [3.63, 3.8) is 0 Å². The summed E-state index contributed by atoms with van der Waals surface area (Å²) in [6, 6.07) is 5.53. The second-order valence-electron chi connectivity index (χ2n) is 6.28. The Morgan fingerprint density at radius 1 is 1.12 bits per heavy atom. The quantitative estimate of drug-likeness (QED) is 0.917. The molecule has 0 spiro atoms. The first-order chi connectivity index (χ1) is 11.4. The summed E-state index contributed by atoms with van der Waals surface area (Å²) in [5, 5.41) is 3.42. The Morgan fingerprint density at radius 2 is 1.83 bits per heavy atom. The van der Waals surface area contributed by atoms with Crippen molar-refractivity contribution in [1.82, 2.24) is 9.97 Å². The van der Waals surface area contributed by atoms with Gasteiger partial charge >= 0.3 is 0 Å². The molecule has 0 radical (unpaired) electrons. The Labute approximate surface area is 147 Å². The minimum atomic E-state index is -0.269. The van der Waals surface area contributed by atoms with Crippen molar-refractivity contribution in [2.45, 2.75) is 33.6 Å². The summed E-state index contributed by atoms with van der Waals surface area (Å²) in [4.78, 5) is 23.7. The number of rotatable bonds is 3. The van der Waals surface area contributed by atoms with E-state index in [9.17, 15) is 4.79 Å². The van der Waals surface area contributed by atoms with Crippen LogP contribution in [-0.4, -0.2) is 29.0 Å². The van der Waals surface area contributed by atoms with E-state index in [1.54, 1.807) is 6.07 Å². The molecule has 24 heavy (non-hydrogen) atoms. The zero-order valence-electron chi connectivity index (χ0n) is 14.2. The number of hydrogen-bond acceptors (Lipinski definition) is 4. The van der Waals surface area contributed by atoms with Crippen LogP contribution in [0.2, 0.25) is 5.02 Å². The Kier molecular flexibility index (Phi) is 4.71. The van der Waals surface area contributed by atoms with Crippen molar-refractivity contribution < 1.29 is 4.79 Å². The average Bonchev–Trinajstić information content (AvgIpc) is 3.04. The van der Waals surface area contributed by atoms with Crippen LogP contribution < -0.4 is 10.2 Å². The second-order valence-corrected chi connectivity index (χ2v) is 6.69. The first-order valence-corrected chi connectivity index (χ1v) is 8.50. The van der Waals surface area contributed by atoms with Crippen LogP contribution in [0.4, 0.5) is 11.6 Å². The lowest BCUT2D eigenvalue weighted by atomic mass is 10.1. The summed E-state index contributed by atoms with van der Waals surface area (Å²) in [7, 11) is 0. The van der Waals surface area contributed by atoms with E-state index >= 15 is 0 Å². The highest BCUT2D eigenvalue weighted by molar-refractivity contribution is 6.34. The maximum atomic E-state index is 12.6. The molecule has 0 bridgehead atoms. The zero-order chi connectivity index (χ0) is 17.3. The van der Waals surface area contributed by atoms with Crippen molar-refractivity contribution in [3.8, 4) is 0 Å². The number of aromatic nitrogens is 2. The second kappa shape index (κ2) is 6.77. The summed E-state index contributed by atoms with van der Waals surface area (Å²) >= 11 is 6.28. The predicted molar refractivity (Wildman–Crippen MR) is 97.1 cm³/mol. The van der Waals surface area contributed by atoms with Gasteiger partial charge in [-0.25, -0.2) is 9.97 Å². The SMILES string of the molecule is Cc1cc(C)c(NC(=O)c2cc(C)nc(N3CCCC3)n2)c(Cl)c1. The van der Waals surface area contributed by atoms with Crippen molar-refractivity contribution in [3.05, 3.63) is 45.7 Å². The van der Waals surface area contributed by atoms with Crippen LogP contribution in [0.1, 0.15) is 40.2 Å². The van der Waals surface area contributed by atoms with Crippen LogP contribution in [0.5, 0.6) is 0 Å². The average molecular weight is 345 g/mol. The van der Waals surface area contributed by atoms with Crippen LogP contribution in [0.3, 0.4) is 0 Å². The Balaban J connectivity index is 1.88. The van der Waals surface area contributed by atoms with E-state index < -0.39 is 0 Å². The normalized spacial score (nSPS) is 14.1. The van der Waals surface area contributed by atoms with Gasteiger partial charge in [-0.15, -0.1) is 0 Å². The summed E-state index contributed by atoms with van der Waals surface area (Å²) in [5.74, 6) is 0.360. The maximum Gasteiger partial charge on any atom is 0.274 e. The number of nitrogens with one attached hydrogen (secondary N) is 1. The van der Waals surface area contributed by atoms with Gasteiger partial charge in [0, 0.05) is 18.8 Å². The molecule has 126 valence electrons. The molecule has 3 rings (SSSR count). The number of carbonyl (C=O) groups is 1. The molecule has 0 aliphatic carbocycles. The molecule has 1 amide bonds. The largest absolute Gasteiger partial charge is 0.341 e. The van der Waals surface area contributed by atoms with Gasteiger partial charge in [0.25, 0.3) is 5.91 Å². The van der Waals surface area contributed by atoms with Gasteiger partial charge in [-0.05, 0) is 56.9 Å². The number of nitrogens with zero attached hydrogens (tertiary/aromatic N) is 3. The van der Waals surface area contributed by atoms with Crippen LogP contribution in [0.25, 0.3) is 0 Å². The highest BCUT2D eigenvalue weighted by Gasteiger charge is 2.19. The Bertz CT molecular complexity index is 762. The number of benzene rings is 1. The standard InChI is InChI=1S/C18H21ClN4O/c1-11-8-12(2)16(14(19)9-11)22-17(24)15-10-13(3)20-18(21-15)23-6-4-5-7-23/h8-10H,4-7H2,1-3H3,(H,22,24). The van der Waals surface area contributed by atoms with Crippen LogP contribution in [-0.2, 0) is 0 Å². The highest BCUT2D eigenvalue weighted by Crippen LogP contribution is 2.28. The van der Waals surface area contributed by atoms with Gasteiger partial charge in [0.2, 0.25) is 5.95 Å². The van der Waals surface area contributed by atoms with Gasteiger partial charge in [-0.3, -0.25) is 4.79 Å². The molecule has 1 N–H and O–H groups in total. The maximum absolute atomic E-state index is 12.6. The van der Waals surface area contributed by atoms with Gasteiger partial charge in [0.15, 0.2) is 0 Å². The third-order valence-corrected chi connectivity index (χ3v) is 4.43. The number of amides is 1. The molecule has 0 atom stereocenters. The van der Waals surface area contributed by atoms with Crippen molar-refractivity contribution in [2.75, 3.05) is 23.3 Å². The van der Waals surface area contributed by atoms with E-state index in [-0.39, 0.29) is 5.91 Å². The van der Waals surface area contributed by atoms with Gasteiger partial charge in [0.05, 0.1) is 10.7 Å². The lowest BCUT2D eigenvalue weighted by Crippen LogP contribution is -2.23. The predicted octanol–water partition coefficient (Wildman–Crippen LogP) is 3.91. The topological polar surface area (TPSA) is 58.1 Å². The monoisotopic (exact) mass is 344 g/mol. The minimum absolute atomic E-state index is 0.269. The summed E-state index contributed by atoms with van der Waals surface area (Å²) in [6.45, 7) is 7.65. The highest BCUT2D eigenvalue weighted by atomic mass is 35.5. The summed E-state index contributed by atoms with van der Waals surface area (Å²) in [6.07, 6.45) is 2.27. The number of aryl methyl sites for hydroxylation is 3. The van der Waals surface area contributed by atoms with Gasteiger partial charge in [-0.1, -0.05) is 17.7 Å². The minimum Gasteiger partial charge on any atom is -0.341 e. The fourth-order valence-corrected chi connectivity index (χ4v) is 3.35. The molecule has 1 fully saturated rings. The van der Waals surface area contributed by atoms with Crippen LogP contribution in [0, 0.1) is 20.8 Å². The van der Waals surface area contributed by atoms with E-state index in [0.717, 1.165) is 42.8 Å². The molecule has 2 aromatic rings. The van der Waals surface area contributed by atoms with Crippen LogP contribution >= 0.6 is 11.6 Å². The lowest BCUT2D eigenvalue weighted by Gasteiger charge is -2.17. The Hall–Kier alpha value is -2.14. The van der Waals surface area contributed by atoms with E-state index in [0.29, 0.717) is 22.4 Å². The lowest BCUT2D eigenvalue weighted by molar-refractivity contribution is 0.102. The van der Waals surface area contributed by atoms with E-state index in [1.807, 2.05) is 32.9 Å². The van der Waals surface area contributed by atoms with Gasteiger partial charge < -0.3 is 10.2 Å². The van der Waals surface area contributed by atoms with Crippen molar-refractivity contribution >= 4 is 29.1 Å². The molecular formula is C18H21ClN4O. The smallest absolute Gasteiger partial charge is 0.274 e. The third-order valence-electron chi connectivity index (χ3n) is 4.13. The molecule has 1 saturated heterocycles. The van der Waals surface area contributed by atoms with Crippen LogP contribution in [0.15, 0.2) is 18.2 Å². The van der Waals surface area contributed by atoms with Gasteiger partial charge in [0.1, 0.15) is 5.69 Å². The fraction of sp³-hybridized carbons (Fsp3) is 0.389. The van der Waals surface area contributed by atoms with Crippen molar-refractivity contribution in [2.24, 2.45) is 0 Å². The Morgan fingerprint density at radius 3 is 2.50 bits per heavy atom. The molecule has 1 aliphatic rings. The van der Waals surface area contributed by atoms with E-state index in [4.69, 9.17) is 11.6 Å². The number of anilines is 2. The molecule has 5 nitrogen and oxygen atoms in total. The first-order valence-electron chi connectivity index (χ1n) is 8.13. The third kappa shape index (κ3) is 3.51. The fourth-order valence-electron chi connectivity index (χ4n) is 2.98. The molecule has 1 aromatic carbocycles. The van der Waals surface area contributed by atoms with Gasteiger partial charge in [-0.2, -0.15) is 0 Å². The first kappa shape index (κ1) is 16.7. The number of carbonyl (C=O) groups excluding carboxylic acids is 1. The zero-order valence-corrected chi connectivity index (χ0v) is 14.9. The van der Waals surface area contributed by atoms with E-state index in [2.05, 4.69) is 20.2 Å². The van der Waals surface area contributed by atoms with E-state index in [1.165, 1.54) is 0 Å². The number of hydrogen-bond donors (Lipinski definition) is 1. The number of halogens is 1. The molecular weight excluding hydrogens is 324 g/mol. The summed E-state index contributed by atoms with van der Waals surface area (Å²) < 4.78 is 0. The molecule has 2 heterocycles. The van der Waals surface area contributed by atoms with Crippen molar-refractivity contribution in [1.29, 1.82) is 0 Å².